The minimum atomic E-state index is -0.117. The quantitative estimate of drug-likeness (QED) is 0.244. The molecule has 0 aliphatic carbocycles. The highest BCUT2D eigenvalue weighted by Gasteiger charge is 2.21. The molecule has 2 aliphatic heterocycles. The predicted molar refractivity (Wildman–Crippen MR) is 180 cm³/mol. The van der Waals surface area contributed by atoms with Crippen LogP contribution < -0.4 is 9.47 Å². The highest BCUT2D eigenvalue weighted by molar-refractivity contribution is 5.95. The van der Waals surface area contributed by atoms with E-state index in [1.165, 1.54) is 25.9 Å². The number of aromatic nitrogens is 1. The van der Waals surface area contributed by atoms with Crippen molar-refractivity contribution >= 4 is 11.8 Å². The Bertz CT molecular complexity index is 1640. The fraction of sp³-hybridized carbons (Fsp3) is 0.342. The molecule has 0 atom stereocenters. The number of pyridine rings is 1. The molecular formula is C38H42N4O4. The number of likely N-dealkylation sites (N-methyl/N-ethyl adjacent to an activating group) is 1. The van der Waals surface area contributed by atoms with E-state index in [2.05, 4.69) is 16.0 Å². The van der Waals surface area contributed by atoms with Gasteiger partial charge in [-0.05, 0) is 97.6 Å². The van der Waals surface area contributed by atoms with Crippen molar-refractivity contribution < 1.29 is 19.1 Å². The van der Waals surface area contributed by atoms with E-state index in [9.17, 15) is 9.59 Å². The fourth-order valence-electron chi connectivity index (χ4n) is 6.16. The number of rotatable bonds is 7. The molecule has 8 nitrogen and oxygen atoms in total. The van der Waals surface area contributed by atoms with Crippen LogP contribution in [0.15, 0.2) is 91.3 Å². The Morgan fingerprint density at radius 3 is 2.57 bits per heavy atom. The van der Waals surface area contributed by atoms with Crippen molar-refractivity contribution in [3.63, 3.8) is 0 Å². The minimum absolute atomic E-state index is 0.0729. The van der Waals surface area contributed by atoms with Gasteiger partial charge in [0.2, 0.25) is 0 Å². The summed E-state index contributed by atoms with van der Waals surface area (Å²) in [6, 6.07) is 25.3. The van der Waals surface area contributed by atoms with Gasteiger partial charge in [0.25, 0.3) is 11.8 Å². The zero-order valence-corrected chi connectivity index (χ0v) is 26.6. The first-order chi connectivity index (χ1) is 22.5. The number of fused-ring (bicyclic) bond motifs is 3. The maximum Gasteiger partial charge on any atom is 0.254 e. The molecule has 3 aromatic carbocycles. The second kappa shape index (κ2) is 15.1. The number of hydrogen-bond acceptors (Lipinski definition) is 6. The summed E-state index contributed by atoms with van der Waals surface area (Å²) in [5.41, 5.74) is 5.27. The standard InChI is InChI=1S/C38H42N4O4/c1-40-19-20-42(38(44)32-10-5-12-35(27-32)45-22-7-18-41-16-2-3-17-41)21-23-46-36-14-13-30(33-11-6-15-39-28-33)26-34(36)25-29-8-4-9-31(24-29)37(40)43/h4-6,8-15,24,26-28H,2-3,7,16-23,25H2,1H3. The van der Waals surface area contributed by atoms with Gasteiger partial charge in [0.1, 0.15) is 18.1 Å². The minimum Gasteiger partial charge on any atom is -0.494 e. The second-order valence-corrected chi connectivity index (χ2v) is 12.1. The average Bonchev–Trinajstić information content (AvgIpc) is 3.62. The number of likely N-dealkylation sites (tertiary alicyclic amines) is 1. The van der Waals surface area contributed by atoms with Crippen LogP contribution in [0.2, 0.25) is 0 Å². The number of amides is 2. The molecular weight excluding hydrogens is 576 g/mol. The van der Waals surface area contributed by atoms with Crippen molar-refractivity contribution in [3.05, 3.63) is 114 Å². The summed E-state index contributed by atoms with van der Waals surface area (Å²) in [6.07, 6.45) is 7.72. The molecule has 46 heavy (non-hydrogen) atoms. The molecule has 2 aliphatic rings. The topological polar surface area (TPSA) is 75.2 Å². The van der Waals surface area contributed by atoms with E-state index in [-0.39, 0.29) is 11.8 Å². The number of carbonyl (C=O) groups is 2. The first kappa shape index (κ1) is 31.3. The molecule has 0 radical (unpaired) electrons. The average molecular weight is 619 g/mol. The predicted octanol–water partition coefficient (Wildman–Crippen LogP) is 5.81. The van der Waals surface area contributed by atoms with E-state index in [1.54, 1.807) is 23.0 Å². The smallest absolute Gasteiger partial charge is 0.254 e. The van der Waals surface area contributed by atoms with Gasteiger partial charge in [-0.3, -0.25) is 14.6 Å². The Morgan fingerprint density at radius 2 is 1.72 bits per heavy atom. The van der Waals surface area contributed by atoms with Crippen LogP contribution >= 0.6 is 0 Å². The van der Waals surface area contributed by atoms with Crippen LogP contribution in [0.5, 0.6) is 11.5 Å². The van der Waals surface area contributed by atoms with Crippen LogP contribution in [0.3, 0.4) is 0 Å². The van der Waals surface area contributed by atoms with Gasteiger partial charge in [-0.15, -0.1) is 0 Å². The number of ether oxygens (including phenoxy) is 2. The molecule has 1 saturated heterocycles. The third-order valence-corrected chi connectivity index (χ3v) is 8.75. The second-order valence-electron chi connectivity index (χ2n) is 12.1. The van der Waals surface area contributed by atoms with Crippen molar-refractivity contribution in [1.29, 1.82) is 0 Å². The fourth-order valence-corrected chi connectivity index (χ4v) is 6.16. The van der Waals surface area contributed by atoms with Gasteiger partial charge in [0, 0.05) is 62.2 Å². The summed E-state index contributed by atoms with van der Waals surface area (Å²) in [7, 11) is 1.78. The maximum absolute atomic E-state index is 13.9. The van der Waals surface area contributed by atoms with Crippen molar-refractivity contribution in [2.45, 2.75) is 25.7 Å². The largest absolute Gasteiger partial charge is 0.494 e. The summed E-state index contributed by atoms with van der Waals surface area (Å²) >= 11 is 0. The molecule has 4 aromatic rings. The van der Waals surface area contributed by atoms with E-state index >= 15 is 0 Å². The van der Waals surface area contributed by atoms with Gasteiger partial charge in [0.05, 0.1) is 13.2 Å². The molecule has 1 fully saturated rings. The van der Waals surface area contributed by atoms with E-state index in [0.717, 1.165) is 41.0 Å². The van der Waals surface area contributed by atoms with Crippen molar-refractivity contribution in [2.24, 2.45) is 0 Å². The van der Waals surface area contributed by atoms with E-state index in [4.69, 9.17) is 9.47 Å². The van der Waals surface area contributed by atoms with Crippen LogP contribution in [0.25, 0.3) is 11.1 Å². The molecule has 0 saturated carbocycles. The van der Waals surface area contributed by atoms with Gasteiger partial charge in [-0.1, -0.05) is 30.3 Å². The lowest BCUT2D eigenvalue weighted by Gasteiger charge is -2.27. The first-order valence-corrected chi connectivity index (χ1v) is 16.3. The Hall–Kier alpha value is -4.69. The van der Waals surface area contributed by atoms with Crippen molar-refractivity contribution in [2.75, 3.05) is 59.5 Å². The molecule has 1 aromatic heterocycles. The number of carbonyl (C=O) groups excluding carboxylic acids is 2. The first-order valence-electron chi connectivity index (χ1n) is 16.3. The van der Waals surface area contributed by atoms with Gasteiger partial charge in [-0.2, -0.15) is 0 Å². The van der Waals surface area contributed by atoms with Crippen LogP contribution in [0.1, 0.15) is 51.1 Å². The van der Waals surface area contributed by atoms with E-state index < -0.39 is 0 Å². The highest BCUT2D eigenvalue weighted by atomic mass is 16.5. The summed E-state index contributed by atoms with van der Waals surface area (Å²) in [4.78, 5) is 37.5. The zero-order chi connectivity index (χ0) is 31.7. The lowest BCUT2D eigenvalue weighted by molar-refractivity contribution is 0.0668. The highest BCUT2D eigenvalue weighted by Crippen LogP contribution is 2.29. The molecule has 6 rings (SSSR count). The van der Waals surface area contributed by atoms with Crippen molar-refractivity contribution in [1.82, 2.24) is 19.7 Å². The molecule has 0 spiro atoms. The van der Waals surface area contributed by atoms with Crippen LogP contribution in [0, 0.1) is 0 Å². The molecule has 3 heterocycles. The SMILES string of the molecule is CN1CCN(C(=O)c2cccc(OCCCN3CCCC3)c2)CCOc2ccc(-c3cccnc3)cc2Cc2cccc(c2)C1=O. The summed E-state index contributed by atoms with van der Waals surface area (Å²) in [6.45, 7) is 5.46. The Kier molecular flexibility index (Phi) is 10.2. The lowest BCUT2D eigenvalue weighted by atomic mass is 9.98. The third-order valence-electron chi connectivity index (χ3n) is 8.75. The summed E-state index contributed by atoms with van der Waals surface area (Å²) < 4.78 is 12.4. The molecule has 0 unspecified atom stereocenters. The van der Waals surface area contributed by atoms with Crippen LogP contribution in [-0.2, 0) is 6.42 Å². The molecule has 8 heteroatoms. The number of benzene rings is 3. The van der Waals surface area contributed by atoms with Crippen LogP contribution in [0.4, 0.5) is 0 Å². The van der Waals surface area contributed by atoms with Crippen LogP contribution in [-0.4, -0.2) is 91.0 Å². The monoisotopic (exact) mass is 618 g/mol. The molecule has 238 valence electrons. The van der Waals surface area contributed by atoms with Crippen molar-refractivity contribution in [3.8, 4) is 22.6 Å². The summed E-state index contributed by atoms with van der Waals surface area (Å²) in [5.74, 6) is 1.26. The zero-order valence-electron chi connectivity index (χ0n) is 26.6. The van der Waals surface area contributed by atoms with Gasteiger partial charge in [-0.25, -0.2) is 0 Å². The van der Waals surface area contributed by atoms with Gasteiger partial charge < -0.3 is 24.2 Å². The van der Waals surface area contributed by atoms with E-state index in [0.29, 0.717) is 56.1 Å². The number of hydrogen-bond donors (Lipinski definition) is 0. The molecule has 2 amide bonds. The Morgan fingerprint density at radius 1 is 0.870 bits per heavy atom. The normalized spacial score (nSPS) is 16.0. The molecule has 0 N–H and O–H groups in total. The lowest BCUT2D eigenvalue weighted by Crippen LogP contribution is -2.41. The Labute approximate surface area is 271 Å². The Balaban J connectivity index is 1.20. The molecule has 2 bridgehead atoms. The summed E-state index contributed by atoms with van der Waals surface area (Å²) in [5, 5.41) is 0. The van der Waals surface area contributed by atoms with Gasteiger partial charge in [0.15, 0.2) is 0 Å². The third kappa shape index (κ3) is 7.93. The van der Waals surface area contributed by atoms with E-state index in [1.807, 2.05) is 79.0 Å². The maximum atomic E-state index is 13.9. The number of nitrogens with zero attached hydrogens (tertiary/aromatic N) is 4. The van der Waals surface area contributed by atoms with Gasteiger partial charge >= 0.3 is 0 Å².